The van der Waals surface area contributed by atoms with Gasteiger partial charge in [-0.05, 0) is 30.3 Å². The predicted molar refractivity (Wildman–Crippen MR) is 111 cm³/mol. The number of halogens is 3. The minimum Gasteiger partial charge on any atom is -0.453 e. The number of carbonyl (C=O) groups excluding carboxylic acids is 1. The number of nitrogens with zero attached hydrogens (tertiary/aromatic N) is 2. The second-order valence-corrected chi connectivity index (χ2v) is 7.34. The van der Waals surface area contributed by atoms with Crippen LogP contribution in [-0.4, -0.2) is 17.1 Å². The molecule has 30 heavy (non-hydrogen) atoms. The number of carbonyl (C=O) groups is 1. The number of H-pyrrole nitrogens is 1. The maximum absolute atomic E-state index is 15.0. The maximum Gasteiger partial charge on any atom is 0.268 e. The average molecular weight is 443 g/mol. The van der Waals surface area contributed by atoms with Crippen LogP contribution in [0.3, 0.4) is 0 Å². The number of hydrogen-bond acceptors (Lipinski definition) is 4. The molecule has 0 saturated heterocycles. The first kappa shape index (κ1) is 20.0. The quantitative estimate of drug-likeness (QED) is 0.560. The van der Waals surface area contributed by atoms with E-state index in [-0.39, 0.29) is 45.1 Å². The van der Waals surface area contributed by atoms with Crippen molar-refractivity contribution in [2.45, 2.75) is 13.0 Å². The van der Waals surface area contributed by atoms with Crippen molar-refractivity contribution < 1.29 is 13.9 Å². The van der Waals surface area contributed by atoms with Crippen LogP contribution in [0.1, 0.15) is 27.2 Å². The number of aliphatic imine (C=N–C) groups is 1. The van der Waals surface area contributed by atoms with Gasteiger partial charge in [-0.3, -0.25) is 4.79 Å². The minimum absolute atomic E-state index is 0.0414. The van der Waals surface area contributed by atoms with Crippen LogP contribution < -0.4 is 10.1 Å². The Hall–Kier alpha value is -3.34. The summed E-state index contributed by atoms with van der Waals surface area (Å²) in [4.78, 5) is 19.4. The maximum atomic E-state index is 15.0. The number of aromatic nitrogens is 1. The lowest BCUT2D eigenvalue weighted by molar-refractivity contribution is 0.0946. The zero-order chi connectivity index (χ0) is 21.3. The first-order chi connectivity index (χ1) is 14.4. The molecule has 0 saturated carbocycles. The van der Waals surface area contributed by atoms with Gasteiger partial charge in [0.05, 0.1) is 16.7 Å². The van der Waals surface area contributed by atoms with Gasteiger partial charge in [-0.15, -0.1) is 0 Å². The van der Waals surface area contributed by atoms with Crippen molar-refractivity contribution in [2.24, 2.45) is 4.99 Å². The van der Waals surface area contributed by atoms with Crippen molar-refractivity contribution >= 4 is 41.1 Å². The van der Waals surface area contributed by atoms with E-state index in [0.717, 1.165) is 5.56 Å². The number of aromatic amines is 1. The molecule has 4 rings (SSSR count). The summed E-state index contributed by atoms with van der Waals surface area (Å²) in [7, 11) is 0. The number of hydrogen-bond donors (Lipinski definition) is 2. The summed E-state index contributed by atoms with van der Waals surface area (Å²) >= 11 is 12.1. The Morgan fingerprint density at radius 1 is 1.30 bits per heavy atom. The van der Waals surface area contributed by atoms with Gasteiger partial charge in [0.1, 0.15) is 17.3 Å². The lowest BCUT2D eigenvalue weighted by atomic mass is 10.2. The van der Waals surface area contributed by atoms with Crippen molar-refractivity contribution in [2.75, 3.05) is 0 Å². The Kier molecular flexibility index (Phi) is 5.44. The fourth-order valence-corrected chi connectivity index (χ4v) is 3.40. The van der Waals surface area contributed by atoms with Crippen molar-refractivity contribution in [3.63, 3.8) is 0 Å². The minimum atomic E-state index is -0.722. The van der Waals surface area contributed by atoms with Crippen LogP contribution >= 0.6 is 23.2 Å². The molecule has 1 amide bonds. The van der Waals surface area contributed by atoms with Gasteiger partial charge in [0.2, 0.25) is 0 Å². The van der Waals surface area contributed by atoms with E-state index in [1.807, 2.05) is 6.07 Å². The Bertz CT molecular complexity index is 1230. The average Bonchev–Trinajstić information content (AvgIpc) is 3.32. The molecule has 3 aromatic rings. The monoisotopic (exact) mass is 442 g/mol. The molecule has 2 heterocycles. The number of nitrogens with one attached hydrogen (secondary N) is 2. The number of ether oxygens (including phenoxy) is 1. The summed E-state index contributed by atoms with van der Waals surface area (Å²) in [6, 6.07) is 10.9. The molecule has 0 atom stereocenters. The second-order valence-electron chi connectivity index (χ2n) is 6.49. The topological polar surface area (TPSA) is 90.3 Å². The molecule has 6 nitrogen and oxygen atoms in total. The molecule has 150 valence electrons. The summed E-state index contributed by atoms with van der Waals surface area (Å²) in [6.45, 7) is -0.0792. The molecule has 0 unspecified atom stereocenters. The third-order valence-electron chi connectivity index (χ3n) is 4.44. The molecule has 0 radical (unpaired) electrons. The van der Waals surface area contributed by atoms with Crippen molar-refractivity contribution in [1.82, 2.24) is 10.3 Å². The predicted octanol–water partition coefficient (Wildman–Crippen LogP) is 5.31. The van der Waals surface area contributed by atoms with Gasteiger partial charge in [0, 0.05) is 35.3 Å². The first-order valence-corrected chi connectivity index (χ1v) is 9.58. The molecule has 1 aromatic heterocycles. The number of fused-ring (bicyclic) bond motifs is 1. The fraction of sp³-hybridized carbons (Fsp3) is 0.0952. The van der Waals surface area contributed by atoms with Gasteiger partial charge in [0.25, 0.3) is 5.91 Å². The SMILES string of the molecule is N#Cc1cc(Cl)cc(Oc2c(Cl)ccc(CNC(=O)c3cc4c([nH]3)N=CC4)c2F)c1. The van der Waals surface area contributed by atoms with E-state index < -0.39 is 5.82 Å². The first-order valence-electron chi connectivity index (χ1n) is 8.82. The molecule has 0 aliphatic carbocycles. The van der Waals surface area contributed by atoms with E-state index in [4.69, 9.17) is 33.2 Å². The molecule has 2 aromatic carbocycles. The van der Waals surface area contributed by atoms with Gasteiger partial charge >= 0.3 is 0 Å². The molecule has 0 bridgehead atoms. The van der Waals surface area contributed by atoms with Crippen LogP contribution in [0.4, 0.5) is 10.2 Å². The van der Waals surface area contributed by atoms with Crippen LogP contribution in [-0.2, 0) is 13.0 Å². The summed E-state index contributed by atoms with van der Waals surface area (Å²) in [5.41, 5.74) is 1.74. The molecular formula is C21H13Cl2FN4O2. The second kappa shape index (κ2) is 8.19. The van der Waals surface area contributed by atoms with Gasteiger partial charge < -0.3 is 15.0 Å². The van der Waals surface area contributed by atoms with Crippen LogP contribution in [0, 0.1) is 17.1 Å². The van der Waals surface area contributed by atoms with Gasteiger partial charge in [0.15, 0.2) is 11.6 Å². The van der Waals surface area contributed by atoms with Crippen molar-refractivity contribution in [1.29, 1.82) is 5.26 Å². The Balaban J connectivity index is 1.52. The molecule has 0 spiro atoms. The third-order valence-corrected chi connectivity index (χ3v) is 4.96. The van der Waals surface area contributed by atoms with E-state index in [1.54, 1.807) is 12.3 Å². The van der Waals surface area contributed by atoms with Gasteiger partial charge in [-0.2, -0.15) is 5.26 Å². The molecular weight excluding hydrogens is 430 g/mol. The fourth-order valence-electron chi connectivity index (χ4n) is 2.99. The summed E-state index contributed by atoms with van der Waals surface area (Å²) in [5, 5.41) is 12.0. The smallest absolute Gasteiger partial charge is 0.268 e. The number of nitriles is 1. The Labute approximate surface area is 180 Å². The van der Waals surface area contributed by atoms with Crippen LogP contribution in [0.5, 0.6) is 11.5 Å². The zero-order valence-electron chi connectivity index (χ0n) is 15.3. The standard InChI is InChI=1S/C21H13Cl2FN4O2/c22-14-5-11(9-25)6-15(8-14)30-19-16(23)2-1-13(18(19)24)10-27-21(29)17-7-12-3-4-26-20(12)28-17/h1-2,4-8,28H,3,10H2,(H,27,29). The molecule has 9 heteroatoms. The number of benzene rings is 2. The van der Waals surface area contributed by atoms with E-state index >= 15 is 4.39 Å². The summed E-state index contributed by atoms with van der Waals surface area (Å²) in [6.07, 6.45) is 2.43. The molecule has 1 aliphatic rings. The van der Waals surface area contributed by atoms with Gasteiger partial charge in [-0.1, -0.05) is 29.3 Å². The number of rotatable bonds is 5. The van der Waals surface area contributed by atoms with E-state index in [1.165, 1.54) is 30.3 Å². The highest BCUT2D eigenvalue weighted by Gasteiger charge is 2.18. The molecule has 0 fully saturated rings. The van der Waals surface area contributed by atoms with E-state index in [2.05, 4.69) is 15.3 Å². The van der Waals surface area contributed by atoms with Crippen LogP contribution in [0.2, 0.25) is 10.0 Å². The largest absolute Gasteiger partial charge is 0.453 e. The molecule has 2 N–H and O–H groups in total. The Morgan fingerprint density at radius 3 is 2.90 bits per heavy atom. The Morgan fingerprint density at radius 2 is 2.13 bits per heavy atom. The highest BCUT2D eigenvalue weighted by atomic mass is 35.5. The third kappa shape index (κ3) is 4.01. The van der Waals surface area contributed by atoms with E-state index in [0.29, 0.717) is 17.9 Å². The summed E-state index contributed by atoms with van der Waals surface area (Å²) < 4.78 is 20.6. The van der Waals surface area contributed by atoms with Crippen molar-refractivity contribution in [3.05, 3.63) is 74.6 Å². The zero-order valence-corrected chi connectivity index (χ0v) is 16.8. The van der Waals surface area contributed by atoms with Crippen LogP contribution in [0.25, 0.3) is 0 Å². The molecule has 1 aliphatic heterocycles. The summed E-state index contributed by atoms with van der Waals surface area (Å²) in [5.74, 6) is -0.498. The van der Waals surface area contributed by atoms with Gasteiger partial charge in [-0.25, -0.2) is 9.38 Å². The lowest BCUT2D eigenvalue weighted by Crippen LogP contribution is -2.23. The lowest BCUT2D eigenvalue weighted by Gasteiger charge is -2.13. The van der Waals surface area contributed by atoms with Crippen LogP contribution in [0.15, 0.2) is 41.4 Å². The van der Waals surface area contributed by atoms with E-state index in [9.17, 15) is 4.79 Å². The number of amides is 1. The normalized spacial score (nSPS) is 11.8. The van der Waals surface area contributed by atoms with Crippen molar-refractivity contribution in [3.8, 4) is 17.6 Å². The highest BCUT2D eigenvalue weighted by Crippen LogP contribution is 2.35. The highest BCUT2D eigenvalue weighted by molar-refractivity contribution is 6.32.